The lowest BCUT2D eigenvalue weighted by atomic mass is 9.98. The summed E-state index contributed by atoms with van der Waals surface area (Å²) in [7, 11) is 2.95. The molecule has 2 heterocycles. The monoisotopic (exact) mass is 480 g/mol. The average molecular weight is 480 g/mol. The van der Waals surface area contributed by atoms with Crippen LogP contribution in [-0.2, 0) is 9.59 Å². The molecule has 1 aliphatic rings. The van der Waals surface area contributed by atoms with Crippen molar-refractivity contribution in [3.63, 3.8) is 0 Å². The van der Waals surface area contributed by atoms with Crippen molar-refractivity contribution in [3.8, 4) is 11.5 Å². The molecule has 10 heteroatoms. The maximum atomic E-state index is 13.2. The summed E-state index contributed by atoms with van der Waals surface area (Å²) in [5.74, 6) is -1.25. The van der Waals surface area contributed by atoms with Gasteiger partial charge in [-0.15, -0.1) is 11.3 Å². The Morgan fingerprint density at radius 1 is 1.06 bits per heavy atom. The lowest BCUT2D eigenvalue weighted by Crippen LogP contribution is -2.29. The molecule has 1 N–H and O–H groups in total. The van der Waals surface area contributed by atoms with Crippen molar-refractivity contribution < 1.29 is 29.1 Å². The Balaban J connectivity index is 1.91. The minimum absolute atomic E-state index is 0.0980. The third-order valence-corrected chi connectivity index (χ3v) is 6.66. The minimum Gasteiger partial charge on any atom is -0.507 e. The van der Waals surface area contributed by atoms with Crippen LogP contribution in [0.4, 0.5) is 11.4 Å². The van der Waals surface area contributed by atoms with Crippen LogP contribution in [-0.4, -0.2) is 35.9 Å². The molecule has 3 aromatic rings. The molecular formula is C24H20N2O7S. The Hall–Kier alpha value is -4.18. The fraction of sp³-hybridized carbons (Fsp3) is 0.167. The van der Waals surface area contributed by atoms with Gasteiger partial charge in [-0.1, -0.05) is 0 Å². The second-order valence-electron chi connectivity index (χ2n) is 7.48. The van der Waals surface area contributed by atoms with Crippen LogP contribution >= 0.6 is 11.3 Å². The number of carbonyl (C=O) groups excluding carboxylic acids is 2. The van der Waals surface area contributed by atoms with E-state index in [-0.39, 0.29) is 16.8 Å². The topological polar surface area (TPSA) is 119 Å². The van der Waals surface area contributed by atoms with Gasteiger partial charge >= 0.3 is 0 Å². The molecule has 0 bridgehead atoms. The van der Waals surface area contributed by atoms with E-state index in [0.29, 0.717) is 22.1 Å². The van der Waals surface area contributed by atoms with Crippen LogP contribution < -0.4 is 14.4 Å². The minimum atomic E-state index is -0.895. The van der Waals surface area contributed by atoms with Gasteiger partial charge in [0.15, 0.2) is 11.5 Å². The van der Waals surface area contributed by atoms with E-state index in [1.54, 1.807) is 18.2 Å². The third kappa shape index (κ3) is 3.77. The number of methoxy groups -OCH3 is 2. The lowest BCUT2D eigenvalue weighted by molar-refractivity contribution is -0.384. The van der Waals surface area contributed by atoms with Gasteiger partial charge in [-0.2, -0.15) is 0 Å². The molecule has 0 spiro atoms. The number of aliphatic hydroxyl groups is 1. The Bertz CT molecular complexity index is 1330. The van der Waals surface area contributed by atoms with Crippen LogP contribution in [0.1, 0.15) is 22.0 Å². The van der Waals surface area contributed by atoms with Crippen molar-refractivity contribution in [2.24, 2.45) is 0 Å². The van der Waals surface area contributed by atoms with Gasteiger partial charge in [0.05, 0.1) is 24.7 Å². The highest BCUT2D eigenvalue weighted by molar-refractivity contribution is 7.10. The zero-order valence-electron chi connectivity index (χ0n) is 18.5. The Morgan fingerprint density at radius 2 is 1.74 bits per heavy atom. The van der Waals surface area contributed by atoms with E-state index < -0.39 is 28.4 Å². The van der Waals surface area contributed by atoms with E-state index in [1.165, 1.54) is 54.7 Å². The van der Waals surface area contributed by atoms with Crippen molar-refractivity contribution in [2.75, 3.05) is 19.1 Å². The molecule has 0 aliphatic carbocycles. The number of anilines is 1. The highest BCUT2D eigenvalue weighted by Crippen LogP contribution is 2.46. The molecule has 2 aromatic carbocycles. The SMILES string of the molecule is COc1ccc(N2C(=O)C(=O)/C(=C(\O)c3ccc([N+](=O)[O-])cc3)C2c2sccc2C)cc1OC. The van der Waals surface area contributed by atoms with E-state index in [1.807, 2.05) is 18.4 Å². The largest absolute Gasteiger partial charge is 0.507 e. The number of ketones is 1. The fourth-order valence-electron chi connectivity index (χ4n) is 3.88. The van der Waals surface area contributed by atoms with Crippen LogP contribution in [0.25, 0.3) is 5.76 Å². The predicted molar refractivity (Wildman–Crippen MR) is 126 cm³/mol. The van der Waals surface area contributed by atoms with Gasteiger partial charge in [0.2, 0.25) is 0 Å². The highest BCUT2D eigenvalue weighted by atomic mass is 32.1. The van der Waals surface area contributed by atoms with Crippen LogP contribution in [0.5, 0.6) is 11.5 Å². The van der Waals surface area contributed by atoms with Crippen molar-refractivity contribution in [2.45, 2.75) is 13.0 Å². The lowest BCUT2D eigenvalue weighted by Gasteiger charge is -2.25. The number of non-ortho nitro benzene ring substituents is 1. The van der Waals surface area contributed by atoms with Gasteiger partial charge in [0.25, 0.3) is 17.4 Å². The number of ether oxygens (including phenoxy) is 2. The number of thiophene rings is 1. The number of Topliss-reactive ketones (excluding diaryl/α,β-unsaturated/α-hetero) is 1. The average Bonchev–Trinajstić information content (AvgIpc) is 3.38. The van der Waals surface area contributed by atoms with Gasteiger partial charge in [-0.05, 0) is 48.2 Å². The van der Waals surface area contributed by atoms with Gasteiger partial charge in [-0.25, -0.2) is 0 Å². The molecule has 1 unspecified atom stereocenters. The second kappa shape index (κ2) is 8.99. The summed E-state index contributed by atoms with van der Waals surface area (Å²) < 4.78 is 10.6. The van der Waals surface area contributed by atoms with Gasteiger partial charge in [0, 0.05) is 34.3 Å². The van der Waals surface area contributed by atoms with Crippen molar-refractivity contribution in [3.05, 3.63) is 85.6 Å². The van der Waals surface area contributed by atoms with E-state index in [4.69, 9.17) is 9.47 Å². The van der Waals surface area contributed by atoms with Gasteiger partial charge in [0.1, 0.15) is 11.8 Å². The summed E-state index contributed by atoms with van der Waals surface area (Å²) in [4.78, 5) is 38.9. The van der Waals surface area contributed by atoms with Crippen LogP contribution in [0.15, 0.2) is 59.5 Å². The molecule has 1 saturated heterocycles. The van der Waals surface area contributed by atoms with E-state index in [2.05, 4.69) is 0 Å². The number of benzene rings is 2. The Morgan fingerprint density at radius 3 is 2.29 bits per heavy atom. The quantitative estimate of drug-likeness (QED) is 0.180. The van der Waals surface area contributed by atoms with Gasteiger partial charge in [-0.3, -0.25) is 24.6 Å². The van der Waals surface area contributed by atoms with Crippen LogP contribution in [0.3, 0.4) is 0 Å². The fourth-order valence-corrected chi connectivity index (χ4v) is 4.91. The zero-order chi connectivity index (χ0) is 24.6. The number of hydrogen-bond donors (Lipinski definition) is 1. The smallest absolute Gasteiger partial charge is 0.300 e. The Labute approximate surface area is 198 Å². The summed E-state index contributed by atoms with van der Waals surface area (Å²) in [6.45, 7) is 1.85. The number of hydrogen-bond acceptors (Lipinski definition) is 8. The second-order valence-corrected chi connectivity index (χ2v) is 8.43. The molecule has 4 rings (SSSR count). The first-order valence-electron chi connectivity index (χ1n) is 10.1. The molecule has 1 aromatic heterocycles. The van der Waals surface area contributed by atoms with E-state index in [9.17, 15) is 24.8 Å². The summed E-state index contributed by atoms with van der Waals surface area (Å²) in [6, 6.07) is 11.0. The molecule has 0 saturated carbocycles. The number of amides is 1. The van der Waals surface area contributed by atoms with Crippen LogP contribution in [0.2, 0.25) is 0 Å². The number of nitro groups is 1. The number of carbonyl (C=O) groups is 2. The Kier molecular flexibility index (Phi) is 6.08. The van der Waals surface area contributed by atoms with E-state index >= 15 is 0 Å². The first-order chi connectivity index (χ1) is 16.3. The summed E-state index contributed by atoms with van der Waals surface area (Å²) in [5, 5.41) is 23.9. The third-order valence-electron chi connectivity index (χ3n) is 5.59. The molecule has 1 amide bonds. The number of rotatable bonds is 6. The highest BCUT2D eigenvalue weighted by Gasteiger charge is 2.48. The molecule has 0 radical (unpaired) electrons. The maximum absolute atomic E-state index is 13.2. The number of aryl methyl sites for hydroxylation is 1. The normalized spacial score (nSPS) is 17.1. The molecule has 1 atom stereocenters. The standard InChI is InChI=1S/C24H20N2O7S/c1-13-10-11-34-23(13)20-19(21(27)14-4-6-15(7-5-14)26(30)31)22(28)24(29)25(20)16-8-9-17(32-2)18(12-16)33-3/h4-12,20,27H,1-3H3/b21-19-. The van der Waals surface area contributed by atoms with Crippen LogP contribution in [0, 0.1) is 17.0 Å². The number of aliphatic hydroxyl groups excluding tert-OH is 1. The summed E-state index contributed by atoms with van der Waals surface area (Å²) in [6.07, 6.45) is 0. The molecule has 9 nitrogen and oxygen atoms in total. The number of nitrogens with zero attached hydrogens (tertiary/aromatic N) is 2. The van der Waals surface area contributed by atoms with Crippen molar-refractivity contribution in [1.82, 2.24) is 0 Å². The number of nitro benzene ring substituents is 1. The predicted octanol–water partition coefficient (Wildman–Crippen LogP) is 4.61. The van der Waals surface area contributed by atoms with Gasteiger partial charge < -0.3 is 14.6 Å². The molecule has 174 valence electrons. The maximum Gasteiger partial charge on any atom is 0.300 e. The molecule has 1 fully saturated rings. The first kappa shape index (κ1) is 23.0. The summed E-state index contributed by atoms with van der Waals surface area (Å²) in [5.41, 5.74) is 1.17. The molecular weight excluding hydrogens is 460 g/mol. The van der Waals surface area contributed by atoms with Crippen molar-refractivity contribution in [1.29, 1.82) is 0 Å². The molecule has 1 aliphatic heterocycles. The first-order valence-corrected chi connectivity index (χ1v) is 11.0. The molecule has 34 heavy (non-hydrogen) atoms. The van der Waals surface area contributed by atoms with E-state index in [0.717, 1.165) is 5.56 Å². The van der Waals surface area contributed by atoms with Crippen molar-refractivity contribution >= 4 is 40.2 Å². The zero-order valence-corrected chi connectivity index (χ0v) is 19.3. The summed E-state index contributed by atoms with van der Waals surface area (Å²) >= 11 is 1.35.